The Morgan fingerprint density at radius 2 is 2.10 bits per heavy atom. The van der Waals surface area contributed by atoms with Crippen molar-refractivity contribution in [2.45, 2.75) is 58.1 Å². The van der Waals surface area contributed by atoms with Gasteiger partial charge in [-0.3, -0.25) is 4.99 Å². The fourth-order valence-electron chi connectivity index (χ4n) is 4.16. The molecule has 4 rings (SSSR count). The molecule has 2 aliphatic heterocycles. The lowest BCUT2D eigenvalue weighted by atomic mass is 9.90. The summed E-state index contributed by atoms with van der Waals surface area (Å²) >= 11 is 1.76. The molecule has 0 radical (unpaired) electrons. The van der Waals surface area contributed by atoms with Gasteiger partial charge in [-0.05, 0) is 39.7 Å². The van der Waals surface area contributed by atoms with Gasteiger partial charge >= 0.3 is 0 Å². The van der Waals surface area contributed by atoms with Gasteiger partial charge in [0.15, 0.2) is 11.1 Å². The van der Waals surface area contributed by atoms with Crippen molar-refractivity contribution in [2.24, 2.45) is 4.99 Å². The van der Waals surface area contributed by atoms with Gasteiger partial charge in [0.1, 0.15) is 11.4 Å². The molecule has 2 aliphatic rings. The molecular formula is C23H33N5OS. The molecule has 0 bridgehead atoms. The maximum atomic E-state index is 6.16. The van der Waals surface area contributed by atoms with E-state index < -0.39 is 0 Å². The van der Waals surface area contributed by atoms with E-state index >= 15 is 0 Å². The van der Waals surface area contributed by atoms with Gasteiger partial charge in [0.2, 0.25) is 0 Å². The average Bonchev–Trinajstić information content (AvgIpc) is 3.39. The number of aromatic nitrogens is 1. The zero-order chi connectivity index (χ0) is 21.0. The SMILES string of the molecule is CCNC(=NCCc1csc(N2CCCC2)n1)NC1CC(C)(C)Oc2ccccc21. The van der Waals surface area contributed by atoms with Crippen LogP contribution in [0.15, 0.2) is 34.6 Å². The molecule has 30 heavy (non-hydrogen) atoms. The van der Waals surface area contributed by atoms with Crippen molar-refractivity contribution in [3.63, 3.8) is 0 Å². The predicted octanol–water partition coefficient (Wildman–Crippen LogP) is 4.14. The Bertz CT molecular complexity index is 872. The van der Waals surface area contributed by atoms with Crippen molar-refractivity contribution in [2.75, 3.05) is 31.1 Å². The van der Waals surface area contributed by atoms with Crippen molar-refractivity contribution < 1.29 is 4.74 Å². The summed E-state index contributed by atoms with van der Waals surface area (Å²) in [6.07, 6.45) is 4.31. The third-order valence-corrected chi connectivity index (χ3v) is 6.54. The van der Waals surface area contributed by atoms with Gasteiger partial charge in [0.25, 0.3) is 0 Å². The van der Waals surface area contributed by atoms with Crippen LogP contribution in [0.5, 0.6) is 5.75 Å². The van der Waals surface area contributed by atoms with Crippen LogP contribution in [0.3, 0.4) is 0 Å². The third-order valence-electron chi connectivity index (χ3n) is 5.59. The van der Waals surface area contributed by atoms with Crippen LogP contribution >= 0.6 is 11.3 Å². The lowest BCUT2D eigenvalue weighted by Gasteiger charge is -2.38. The first-order chi connectivity index (χ1) is 14.5. The van der Waals surface area contributed by atoms with Crippen LogP contribution in [0.4, 0.5) is 5.13 Å². The maximum absolute atomic E-state index is 6.16. The Kier molecular flexibility index (Phi) is 6.46. The van der Waals surface area contributed by atoms with E-state index in [1.807, 2.05) is 6.07 Å². The van der Waals surface area contributed by atoms with Gasteiger partial charge in [-0.1, -0.05) is 18.2 Å². The zero-order valence-corrected chi connectivity index (χ0v) is 19.1. The molecule has 1 atom stereocenters. The maximum Gasteiger partial charge on any atom is 0.191 e. The summed E-state index contributed by atoms with van der Waals surface area (Å²) in [5.41, 5.74) is 2.12. The summed E-state index contributed by atoms with van der Waals surface area (Å²) in [4.78, 5) is 12.0. The Labute approximate surface area is 183 Å². The minimum Gasteiger partial charge on any atom is -0.487 e. The number of hydrogen-bond acceptors (Lipinski definition) is 5. The molecule has 0 aliphatic carbocycles. The number of nitrogens with zero attached hydrogens (tertiary/aromatic N) is 3. The van der Waals surface area contributed by atoms with E-state index in [1.165, 1.54) is 18.4 Å². The van der Waals surface area contributed by atoms with E-state index in [-0.39, 0.29) is 11.6 Å². The molecule has 1 saturated heterocycles. The molecule has 2 N–H and O–H groups in total. The second kappa shape index (κ2) is 9.25. The van der Waals surface area contributed by atoms with Crippen molar-refractivity contribution in [1.82, 2.24) is 15.6 Å². The molecule has 162 valence electrons. The Morgan fingerprint density at radius 3 is 2.90 bits per heavy atom. The second-order valence-electron chi connectivity index (χ2n) is 8.63. The van der Waals surface area contributed by atoms with E-state index in [9.17, 15) is 0 Å². The highest BCUT2D eigenvalue weighted by molar-refractivity contribution is 7.13. The van der Waals surface area contributed by atoms with Crippen LogP contribution in [0.1, 0.15) is 57.3 Å². The Balaban J connectivity index is 1.40. The standard InChI is InChI=1S/C23H33N5OS/c1-4-24-21(25-12-11-17-16-30-22(26-17)28-13-7-8-14-28)27-19-15-23(2,3)29-20-10-6-5-9-18(19)20/h5-6,9-10,16,19H,4,7-8,11-15H2,1-3H3,(H2,24,25,27). The highest BCUT2D eigenvalue weighted by atomic mass is 32.1. The minimum atomic E-state index is -0.212. The summed E-state index contributed by atoms with van der Waals surface area (Å²) in [7, 11) is 0. The summed E-state index contributed by atoms with van der Waals surface area (Å²) < 4.78 is 6.16. The van der Waals surface area contributed by atoms with E-state index in [0.29, 0.717) is 6.54 Å². The van der Waals surface area contributed by atoms with E-state index in [0.717, 1.165) is 55.0 Å². The highest BCUT2D eigenvalue weighted by Gasteiger charge is 2.33. The lowest BCUT2D eigenvalue weighted by molar-refractivity contribution is 0.0694. The molecule has 0 spiro atoms. The number of para-hydroxylation sites is 1. The smallest absolute Gasteiger partial charge is 0.191 e. The predicted molar refractivity (Wildman–Crippen MR) is 125 cm³/mol. The number of guanidine groups is 1. The van der Waals surface area contributed by atoms with Crippen LogP contribution in [-0.4, -0.2) is 42.7 Å². The number of rotatable bonds is 6. The van der Waals surface area contributed by atoms with Crippen molar-refractivity contribution >= 4 is 22.4 Å². The number of anilines is 1. The fraction of sp³-hybridized carbons (Fsp3) is 0.565. The molecule has 6 nitrogen and oxygen atoms in total. The molecule has 3 heterocycles. The van der Waals surface area contributed by atoms with Crippen molar-refractivity contribution in [3.05, 3.63) is 40.9 Å². The number of nitrogens with one attached hydrogen (secondary N) is 2. The Morgan fingerprint density at radius 1 is 1.30 bits per heavy atom. The van der Waals surface area contributed by atoms with Crippen LogP contribution in [0.2, 0.25) is 0 Å². The minimum absolute atomic E-state index is 0.170. The number of thiazole rings is 1. The third kappa shape index (κ3) is 5.06. The van der Waals surface area contributed by atoms with Crippen LogP contribution in [0, 0.1) is 0 Å². The van der Waals surface area contributed by atoms with Crippen LogP contribution in [0.25, 0.3) is 0 Å². The molecule has 0 amide bonds. The monoisotopic (exact) mass is 427 g/mol. The Hall–Kier alpha value is -2.28. The highest BCUT2D eigenvalue weighted by Crippen LogP contribution is 2.39. The molecule has 1 aromatic carbocycles. The van der Waals surface area contributed by atoms with Gasteiger partial charge in [0, 0.05) is 50.0 Å². The summed E-state index contributed by atoms with van der Waals surface area (Å²) in [6.45, 7) is 10.2. The molecule has 0 saturated carbocycles. The lowest BCUT2D eigenvalue weighted by Crippen LogP contribution is -2.45. The average molecular weight is 428 g/mol. The van der Waals surface area contributed by atoms with Crippen molar-refractivity contribution in [1.29, 1.82) is 0 Å². The van der Waals surface area contributed by atoms with Gasteiger partial charge in [-0.25, -0.2) is 4.98 Å². The zero-order valence-electron chi connectivity index (χ0n) is 18.3. The first-order valence-corrected chi connectivity index (χ1v) is 11.9. The molecular weight excluding hydrogens is 394 g/mol. The van der Waals surface area contributed by atoms with Gasteiger partial charge in [-0.2, -0.15) is 0 Å². The van der Waals surface area contributed by atoms with Gasteiger partial charge in [0.05, 0.1) is 11.7 Å². The quantitative estimate of drug-likeness (QED) is 0.536. The molecule has 7 heteroatoms. The van der Waals surface area contributed by atoms with E-state index in [2.05, 4.69) is 59.9 Å². The summed E-state index contributed by atoms with van der Waals surface area (Å²) in [5, 5.41) is 10.4. The van der Waals surface area contributed by atoms with E-state index in [1.54, 1.807) is 11.3 Å². The van der Waals surface area contributed by atoms with Gasteiger partial charge < -0.3 is 20.3 Å². The first kappa shape index (κ1) is 21.0. The first-order valence-electron chi connectivity index (χ1n) is 11.1. The summed E-state index contributed by atoms with van der Waals surface area (Å²) in [6, 6.07) is 8.46. The summed E-state index contributed by atoms with van der Waals surface area (Å²) in [5.74, 6) is 1.81. The molecule has 1 unspecified atom stereocenters. The van der Waals surface area contributed by atoms with Crippen LogP contribution in [-0.2, 0) is 6.42 Å². The largest absolute Gasteiger partial charge is 0.487 e. The molecule has 1 aromatic heterocycles. The number of aliphatic imine (C=N–C) groups is 1. The van der Waals surface area contributed by atoms with Crippen molar-refractivity contribution in [3.8, 4) is 5.75 Å². The van der Waals surface area contributed by atoms with Crippen LogP contribution < -0.4 is 20.3 Å². The normalized spacial score (nSPS) is 20.6. The number of ether oxygens (including phenoxy) is 1. The topological polar surface area (TPSA) is 61.8 Å². The number of benzene rings is 1. The molecule has 2 aromatic rings. The number of fused-ring (bicyclic) bond motifs is 1. The number of hydrogen-bond donors (Lipinski definition) is 2. The second-order valence-corrected chi connectivity index (χ2v) is 9.46. The molecule has 1 fully saturated rings. The van der Waals surface area contributed by atoms with Gasteiger partial charge in [-0.15, -0.1) is 11.3 Å². The van der Waals surface area contributed by atoms with E-state index in [4.69, 9.17) is 14.7 Å². The fourth-order valence-corrected chi connectivity index (χ4v) is 5.08.